The molecular formula is C31H47NO5. The third kappa shape index (κ3) is 5.74. The van der Waals surface area contributed by atoms with E-state index in [0.717, 1.165) is 75.5 Å². The van der Waals surface area contributed by atoms with Gasteiger partial charge in [-0.2, -0.15) is 0 Å². The Balaban J connectivity index is 0.917. The highest BCUT2D eigenvalue weighted by Crippen LogP contribution is 2.60. The van der Waals surface area contributed by atoms with Gasteiger partial charge in [-0.1, -0.05) is 12.1 Å². The fraction of sp³-hybridized carbons (Fsp3) is 0.806. The molecule has 2 N–H and O–H groups in total. The van der Waals surface area contributed by atoms with E-state index in [2.05, 4.69) is 29.6 Å². The quantitative estimate of drug-likeness (QED) is 0.180. The smallest absolute Gasteiger partial charge is 0.207 e. The second-order valence-corrected chi connectivity index (χ2v) is 12.8. The molecule has 37 heavy (non-hydrogen) atoms. The van der Waals surface area contributed by atoms with Gasteiger partial charge in [0.1, 0.15) is 12.4 Å². The molecule has 0 aliphatic heterocycles. The number of rotatable bonds is 10. The van der Waals surface area contributed by atoms with Crippen molar-refractivity contribution in [1.82, 2.24) is 5.32 Å². The van der Waals surface area contributed by atoms with Crippen LogP contribution in [0.25, 0.3) is 0 Å². The number of ether oxygens (including phenoxy) is 2. The summed E-state index contributed by atoms with van der Waals surface area (Å²) in [4.78, 5) is 12.4. The molecule has 0 heterocycles. The Morgan fingerprint density at radius 1 is 0.838 bits per heavy atom. The van der Waals surface area contributed by atoms with Crippen LogP contribution in [0.1, 0.15) is 95.0 Å². The summed E-state index contributed by atoms with van der Waals surface area (Å²) < 4.78 is 12.1. The Morgan fingerprint density at radius 2 is 1.49 bits per heavy atom. The van der Waals surface area contributed by atoms with Crippen LogP contribution in [-0.2, 0) is 14.5 Å². The van der Waals surface area contributed by atoms with Crippen molar-refractivity contribution in [2.24, 2.45) is 23.7 Å². The van der Waals surface area contributed by atoms with E-state index in [-0.39, 0.29) is 12.2 Å². The number of hydrogen-bond donors (Lipinski definition) is 2. The van der Waals surface area contributed by atoms with E-state index in [1.165, 1.54) is 37.7 Å². The average molecular weight is 514 g/mol. The van der Waals surface area contributed by atoms with E-state index in [4.69, 9.17) is 19.2 Å². The molecule has 6 saturated carbocycles. The van der Waals surface area contributed by atoms with E-state index in [0.29, 0.717) is 30.4 Å². The monoisotopic (exact) mass is 513 g/mol. The van der Waals surface area contributed by atoms with Gasteiger partial charge in [0.25, 0.3) is 0 Å². The topological polar surface area (TPSA) is 69.2 Å². The summed E-state index contributed by atoms with van der Waals surface area (Å²) >= 11 is 0. The summed E-state index contributed by atoms with van der Waals surface area (Å²) in [5.41, 5.74) is 1.40. The number of methoxy groups -OCH3 is 1. The van der Waals surface area contributed by atoms with Gasteiger partial charge in [0.05, 0.1) is 12.2 Å². The summed E-state index contributed by atoms with van der Waals surface area (Å²) in [5.74, 6) is 3.79. The molecule has 6 heteroatoms. The van der Waals surface area contributed by atoms with Gasteiger partial charge in [0, 0.05) is 31.5 Å². The number of nitrogens with one attached hydrogen (secondary N) is 1. The van der Waals surface area contributed by atoms with E-state index in [1.54, 1.807) is 0 Å². The first-order valence-electron chi connectivity index (χ1n) is 15.1. The SMILES string of the molecule is COC1(OOC2CCC(c3ccc(OCCNC4CCC(O)CC4)cc3)CC2)C2CC3CC(C2)CC1C3. The Morgan fingerprint density at radius 3 is 2.11 bits per heavy atom. The summed E-state index contributed by atoms with van der Waals surface area (Å²) in [6, 6.07) is 9.23. The number of benzene rings is 1. The Labute approximate surface area is 222 Å². The molecule has 206 valence electrons. The molecule has 0 spiro atoms. The van der Waals surface area contributed by atoms with Crippen LogP contribution in [0.4, 0.5) is 0 Å². The first kappa shape index (κ1) is 26.1. The second kappa shape index (κ2) is 11.5. The van der Waals surface area contributed by atoms with Crippen molar-refractivity contribution >= 4 is 0 Å². The van der Waals surface area contributed by atoms with Crippen LogP contribution < -0.4 is 10.1 Å². The van der Waals surface area contributed by atoms with Crippen molar-refractivity contribution < 1.29 is 24.4 Å². The highest BCUT2D eigenvalue weighted by Gasteiger charge is 2.60. The summed E-state index contributed by atoms with van der Waals surface area (Å²) in [7, 11) is 1.83. The number of hydrogen-bond acceptors (Lipinski definition) is 6. The normalized spacial score (nSPS) is 41.1. The molecule has 0 aromatic heterocycles. The Hall–Kier alpha value is -1.18. The molecule has 0 saturated heterocycles. The largest absolute Gasteiger partial charge is 0.492 e. The van der Waals surface area contributed by atoms with Gasteiger partial charge < -0.3 is 19.9 Å². The molecular weight excluding hydrogens is 466 g/mol. The zero-order valence-electron chi connectivity index (χ0n) is 22.6. The van der Waals surface area contributed by atoms with Gasteiger partial charge in [-0.15, -0.1) is 0 Å². The Kier molecular flexibility index (Phi) is 8.11. The maximum Gasteiger partial charge on any atom is 0.207 e. The average Bonchev–Trinajstić information content (AvgIpc) is 2.92. The third-order valence-corrected chi connectivity index (χ3v) is 10.4. The molecule has 6 nitrogen and oxygen atoms in total. The van der Waals surface area contributed by atoms with Gasteiger partial charge in [-0.05, 0) is 119 Å². The lowest BCUT2D eigenvalue weighted by Crippen LogP contribution is -2.60. The van der Waals surface area contributed by atoms with Crippen LogP contribution in [0.5, 0.6) is 5.75 Å². The van der Waals surface area contributed by atoms with Gasteiger partial charge >= 0.3 is 0 Å². The lowest BCUT2D eigenvalue weighted by Gasteiger charge is -2.58. The summed E-state index contributed by atoms with van der Waals surface area (Å²) in [6.07, 6.45) is 14.8. The Bertz CT molecular complexity index is 831. The van der Waals surface area contributed by atoms with Crippen LogP contribution >= 0.6 is 0 Å². The molecule has 6 aliphatic rings. The molecule has 1 aromatic rings. The fourth-order valence-corrected chi connectivity index (χ4v) is 8.53. The molecule has 6 aliphatic carbocycles. The molecule has 1 aromatic carbocycles. The van der Waals surface area contributed by atoms with Gasteiger partial charge in [-0.3, -0.25) is 0 Å². The highest BCUT2D eigenvalue weighted by atomic mass is 17.2. The van der Waals surface area contributed by atoms with E-state index in [1.807, 2.05) is 7.11 Å². The summed E-state index contributed by atoms with van der Waals surface area (Å²) in [6.45, 7) is 1.52. The van der Waals surface area contributed by atoms with Crippen LogP contribution in [0.15, 0.2) is 24.3 Å². The molecule has 7 rings (SSSR count). The van der Waals surface area contributed by atoms with Crippen molar-refractivity contribution in [2.45, 2.75) is 113 Å². The first-order chi connectivity index (χ1) is 18.1. The third-order valence-electron chi connectivity index (χ3n) is 10.4. The number of aliphatic hydroxyl groups is 1. The molecule has 4 bridgehead atoms. The number of aliphatic hydroxyl groups excluding tert-OH is 1. The minimum Gasteiger partial charge on any atom is -0.492 e. The lowest BCUT2D eigenvalue weighted by molar-refractivity contribution is -0.485. The fourth-order valence-electron chi connectivity index (χ4n) is 8.53. The van der Waals surface area contributed by atoms with E-state index < -0.39 is 5.79 Å². The van der Waals surface area contributed by atoms with Crippen LogP contribution in [0.3, 0.4) is 0 Å². The molecule has 0 amide bonds. The maximum absolute atomic E-state index is 9.64. The van der Waals surface area contributed by atoms with Crippen molar-refractivity contribution in [1.29, 1.82) is 0 Å². The van der Waals surface area contributed by atoms with Gasteiger partial charge in [-0.25, -0.2) is 9.78 Å². The highest BCUT2D eigenvalue weighted by molar-refractivity contribution is 5.29. The molecule has 0 radical (unpaired) electrons. The van der Waals surface area contributed by atoms with Crippen LogP contribution in [0, 0.1) is 23.7 Å². The molecule has 6 fully saturated rings. The lowest BCUT2D eigenvalue weighted by atomic mass is 9.53. The van der Waals surface area contributed by atoms with Crippen molar-refractivity contribution in [3.8, 4) is 5.75 Å². The predicted molar refractivity (Wildman–Crippen MR) is 142 cm³/mol. The van der Waals surface area contributed by atoms with Crippen molar-refractivity contribution in [2.75, 3.05) is 20.3 Å². The summed E-state index contributed by atoms with van der Waals surface area (Å²) in [5, 5.41) is 13.2. The second-order valence-electron chi connectivity index (χ2n) is 12.8. The van der Waals surface area contributed by atoms with Crippen molar-refractivity contribution in [3.63, 3.8) is 0 Å². The zero-order valence-corrected chi connectivity index (χ0v) is 22.6. The standard InChI is InChI=1S/C31H47NO5/c1-34-31(25-17-21-16-22(19-25)20-26(31)18-21)37-36-30-12-4-24(5-13-30)23-2-10-29(11-3-23)35-15-14-32-27-6-8-28(33)9-7-27/h2-3,10-11,21-22,24-28,30,32-33H,4-9,12-20H2,1H3. The van der Waals surface area contributed by atoms with Crippen LogP contribution in [-0.4, -0.2) is 49.4 Å². The zero-order chi connectivity index (χ0) is 25.2. The van der Waals surface area contributed by atoms with E-state index >= 15 is 0 Å². The molecule has 0 unspecified atom stereocenters. The van der Waals surface area contributed by atoms with Crippen molar-refractivity contribution in [3.05, 3.63) is 29.8 Å². The maximum atomic E-state index is 9.64. The first-order valence-corrected chi connectivity index (χ1v) is 15.1. The molecule has 0 atom stereocenters. The van der Waals surface area contributed by atoms with Crippen LogP contribution in [0.2, 0.25) is 0 Å². The van der Waals surface area contributed by atoms with E-state index in [9.17, 15) is 5.11 Å². The minimum atomic E-state index is -0.505. The van der Waals surface area contributed by atoms with Gasteiger partial charge in [0.15, 0.2) is 0 Å². The predicted octanol–water partition coefficient (Wildman–Crippen LogP) is 5.73. The van der Waals surface area contributed by atoms with Gasteiger partial charge in [0.2, 0.25) is 5.79 Å². The minimum absolute atomic E-state index is 0.0989.